The summed E-state index contributed by atoms with van der Waals surface area (Å²) in [5.41, 5.74) is 0. The molecule has 2 N–H and O–H groups in total. The van der Waals surface area contributed by atoms with Crippen molar-refractivity contribution >= 4 is 11.9 Å². The Morgan fingerprint density at radius 3 is 2.83 bits per heavy atom. The molecule has 0 aliphatic carbocycles. The summed E-state index contributed by atoms with van der Waals surface area (Å²) in [5.74, 6) is 0.650. The maximum Gasteiger partial charge on any atom is 0.324 e. The van der Waals surface area contributed by atoms with Gasteiger partial charge in [-0.2, -0.15) is 0 Å². The van der Waals surface area contributed by atoms with E-state index in [2.05, 4.69) is 15.5 Å². The second-order valence-corrected chi connectivity index (χ2v) is 5.43. The number of amides is 3. The van der Waals surface area contributed by atoms with Gasteiger partial charge in [-0.15, -0.1) is 0 Å². The Balaban J connectivity index is 1.49. The Morgan fingerprint density at radius 1 is 1.22 bits per heavy atom. The number of carbonyl (C=O) groups excluding carboxylic acids is 2. The molecule has 3 saturated heterocycles. The van der Waals surface area contributed by atoms with Crippen molar-refractivity contribution in [2.75, 3.05) is 39.3 Å². The third-order valence-corrected chi connectivity index (χ3v) is 4.25. The van der Waals surface area contributed by atoms with Gasteiger partial charge in [0, 0.05) is 32.2 Å². The van der Waals surface area contributed by atoms with Gasteiger partial charge in [0.2, 0.25) is 5.91 Å². The SMILES string of the molecule is O=C1CNC(=O)N1CCN1CC2CCCNC2C1. The number of fused-ring (bicyclic) bond motifs is 1. The van der Waals surface area contributed by atoms with Crippen LogP contribution in [0.1, 0.15) is 12.8 Å². The minimum Gasteiger partial charge on any atom is -0.329 e. The fraction of sp³-hybridized carbons (Fsp3) is 0.833. The first-order valence-corrected chi connectivity index (χ1v) is 6.78. The third kappa shape index (κ3) is 2.22. The molecule has 2 atom stereocenters. The third-order valence-electron chi connectivity index (χ3n) is 4.25. The second kappa shape index (κ2) is 4.85. The van der Waals surface area contributed by atoms with Gasteiger partial charge in [0.1, 0.15) is 0 Å². The zero-order valence-corrected chi connectivity index (χ0v) is 10.5. The van der Waals surface area contributed by atoms with Gasteiger partial charge in [0.05, 0.1) is 6.54 Å². The molecule has 2 unspecified atom stereocenters. The smallest absolute Gasteiger partial charge is 0.324 e. The maximum absolute atomic E-state index is 11.5. The Hall–Kier alpha value is -1.14. The zero-order chi connectivity index (χ0) is 12.5. The minimum atomic E-state index is -0.241. The van der Waals surface area contributed by atoms with Gasteiger partial charge in [-0.05, 0) is 25.3 Å². The van der Waals surface area contributed by atoms with Crippen LogP contribution >= 0.6 is 0 Å². The molecule has 6 nitrogen and oxygen atoms in total. The van der Waals surface area contributed by atoms with E-state index in [1.165, 1.54) is 17.7 Å². The van der Waals surface area contributed by atoms with Crippen LogP contribution in [0.2, 0.25) is 0 Å². The first kappa shape index (κ1) is 11.9. The summed E-state index contributed by atoms with van der Waals surface area (Å²) < 4.78 is 0. The van der Waals surface area contributed by atoms with Gasteiger partial charge in [-0.1, -0.05) is 0 Å². The van der Waals surface area contributed by atoms with E-state index in [0.29, 0.717) is 12.6 Å². The molecular weight excluding hydrogens is 232 g/mol. The van der Waals surface area contributed by atoms with E-state index in [1.807, 2.05) is 0 Å². The van der Waals surface area contributed by atoms with Crippen molar-refractivity contribution in [2.24, 2.45) is 5.92 Å². The second-order valence-electron chi connectivity index (χ2n) is 5.43. The van der Waals surface area contributed by atoms with Crippen molar-refractivity contribution in [1.29, 1.82) is 0 Å². The summed E-state index contributed by atoms with van der Waals surface area (Å²) in [6.45, 7) is 4.75. The lowest BCUT2D eigenvalue weighted by Gasteiger charge is -2.24. The lowest BCUT2D eigenvalue weighted by atomic mass is 9.94. The highest BCUT2D eigenvalue weighted by Crippen LogP contribution is 2.24. The first-order valence-electron chi connectivity index (χ1n) is 6.78. The summed E-state index contributed by atoms with van der Waals surface area (Å²) in [6, 6.07) is 0.372. The Morgan fingerprint density at radius 2 is 2.11 bits per heavy atom. The number of carbonyl (C=O) groups is 2. The van der Waals surface area contributed by atoms with E-state index in [4.69, 9.17) is 0 Å². The molecule has 3 amide bonds. The van der Waals surface area contributed by atoms with Crippen LogP contribution in [0.5, 0.6) is 0 Å². The highest BCUT2D eigenvalue weighted by Gasteiger charge is 2.35. The highest BCUT2D eigenvalue weighted by atomic mass is 16.2. The number of likely N-dealkylation sites (tertiary alicyclic amines) is 1. The number of hydrogen-bond donors (Lipinski definition) is 2. The predicted octanol–water partition coefficient (Wildman–Crippen LogP) is -0.778. The summed E-state index contributed by atoms with van der Waals surface area (Å²) in [5, 5.41) is 6.11. The summed E-state index contributed by atoms with van der Waals surface area (Å²) in [4.78, 5) is 26.6. The van der Waals surface area contributed by atoms with Gasteiger partial charge >= 0.3 is 6.03 Å². The van der Waals surface area contributed by atoms with Gasteiger partial charge in [-0.3, -0.25) is 14.6 Å². The fourth-order valence-electron chi connectivity index (χ4n) is 3.24. The van der Waals surface area contributed by atoms with E-state index >= 15 is 0 Å². The quantitative estimate of drug-likeness (QED) is 0.647. The van der Waals surface area contributed by atoms with Crippen molar-refractivity contribution in [3.63, 3.8) is 0 Å². The van der Waals surface area contributed by atoms with Gasteiger partial charge in [0.25, 0.3) is 0 Å². The number of urea groups is 1. The normalized spacial score (nSPS) is 32.8. The van der Waals surface area contributed by atoms with Crippen LogP contribution in [0.15, 0.2) is 0 Å². The predicted molar refractivity (Wildman–Crippen MR) is 66.1 cm³/mol. The molecule has 3 heterocycles. The monoisotopic (exact) mass is 252 g/mol. The van der Waals surface area contributed by atoms with Crippen molar-refractivity contribution < 1.29 is 9.59 Å². The zero-order valence-electron chi connectivity index (χ0n) is 10.5. The molecule has 0 saturated carbocycles. The Labute approximate surface area is 107 Å². The molecule has 0 spiro atoms. The standard InChI is InChI=1S/C12H20N4O2/c17-11-6-14-12(18)16(11)5-4-15-7-9-2-1-3-13-10(9)8-15/h9-10,13H,1-8H2,(H,14,18). The van der Waals surface area contributed by atoms with Crippen LogP contribution in [0.3, 0.4) is 0 Å². The number of hydrogen-bond acceptors (Lipinski definition) is 4. The maximum atomic E-state index is 11.5. The number of rotatable bonds is 3. The molecule has 0 aromatic heterocycles. The number of nitrogens with zero attached hydrogens (tertiary/aromatic N) is 2. The van der Waals surface area contributed by atoms with E-state index in [-0.39, 0.29) is 18.5 Å². The molecule has 100 valence electrons. The van der Waals surface area contributed by atoms with Gasteiger partial charge in [-0.25, -0.2) is 4.79 Å². The van der Waals surface area contributed by atoms with Gasteiger partial charge < -0.3 is 10.6 Å². The Bertz CT molecular complexity index is 330. The van der Waals surface area contributed by atoms with Crippen molar-refractivity contribution in [3.8, 4) is 0 Å². The molecule has 0 radical (unpaired) electrons. The molecular formula is C12H20N4O2. The van der Waals surface area contributed by atoms with E-state index in [0.717, 1.165) is 32.1 Å². The van der Waals surface area contributed by atoms with E-state index < -0.39 is 0 Å². The van der Waals surface area contributed by atoms with E-state index in [1.54, 1.807) is 0 Å². The molecule has 18 heavy (non-hydrogen) atoms. The molecule has 3 aliphatic heterocycles. The molecule has 3 aliphatic rings. The molecule has 0 aromatic rings. The van der Waals surface area contributed by atoms with Crippen LogP contribution in [-0.4, -0.2) is 67.0 Å². The number of piperidine rings is 1. The largest absolute Gasteiger partial charge is 0.329 e. The Kier molecular flexibility index (Phi) is 3.22. The van der Waals surface area contributed by atoms with Crippen LogP contribution in [-0.2, 0) is 4.79 Å². The minimum absolute atomic E-state index is 0.102. The summed E-state index contributed by atoms with van der Waals surface area (Å²) in [6.07, 6.45) is 2.57. The number of imide groups is 1. The summed E-state index contributed by atoms with van der Waals surface area (Å²) >= 11 is 0. The molecule has 3 fully saturated rings. The molecule has 0 bridgehead atoms. The van der Waals surface area contributed by atoms with Crippen LogP contribution in [0.4, 0.5) is 4.79 Å². The van der Waals surface area contributed by atoms with E-state index in [9.17, 15) is 9.59 Å². The lowest BCUT2D eigenvalue weighted by Crippen LogP contribution is -2.41. The van der Waals surface area contributed by atoms with Crippen molar-refractivity contribution in [1.82, 2.24) is 20.4 Å². The molecule has 3 rings (SSSR count). The van der Waals surface area contributed by atoms with Crippen LogP contribution in [0.25, 0.3) is 0 Å². The fourth-order valence-corrected chi connectivity index (χ4v) is 3.24. The summed E-state index contributed by atoms with van der Waals surface area (Å²) in [7, 11) is 0. The highest BCUT2D eigenvalue weighted by molar-refractivity contribution is 6.01. The average molecular weight is 252 g/mol. The van der Waals surface area contributed by atoms with Crippen LogP contribution in [0, 0.1) is 5.92 Å². The first-order chi connectivity index (χ1) is 8.74. The molecule has 0 aromatic carbocycles. The lowest BCUT2D eigenvalue weighted by molar-refractivity contribution is -0.125. The molecule has 6 heteroatoms. The van der Waals surface area contributed by atoms with Crippen molar-refractivity contribution in [3.05, 3.63) is 0 Å². The average Bonchev–Trinajstić information content (AvgIpc) is 2.91. The van der Waals surface area contributed by atoms with Gasteiger partial charge in [0.15, 0.2) is 0 Å². The van der Waals surface area contributed by atoms with Crippen molar-refractivity contribution in [2.45, 2.75) is 18.9 Å². The number of nitrogens with one attached hydrogen (secondary N) is 2. The topological polar surface area (TPSA) is 64.7 Å². The van der Waals surface area contributed by atoms with Crippen LogP contribution < -0.4 is 10.6 Å².